The van der Waals surface area contributed by atoms with Crippen molar-refractivity contribution in [1.82, 2.24) is 10.2 Å². The number of fused-ring (bicyclic) bond motifs is 1. The number of benzene rings is 1. The summed E-state index contributed by atoms with van der Waals surface area (Å²) in [6.45, 7) is 4.99. The number of aliphatic hydroxyl groups excluding tert-OH is 1. The highest BCUT2D eigenvalue weighted by molar-refractivity contribution is 5.75. The number of hydrogen-bond acceptors (Lipinski definition) is 2. The number of hydrogen-bond donors (Lipinski definition) is 2. The van der Waals surface area contributed by atoms with Crippen molar-refractivity contribution in [2.45, 2.75) is 70.9 Å². The van der Waals surface area contributed by atoms with Gasteiger partial charge in [0.2, 0.25) is 0 Å². The molecule has 4 heteroatoms. The Kier molecular flexibility index (Phi) is 5.67. The fraction of sp³-hybridized carbons (Fsp3) is 0.667. The van der Waals surface area contributed by atoms with Gasteiger partial charge < -0.3 is 15.3 Å². The third-order valence-electron chi connectivity index (χ3n) is 5.58. The van der Waals surface area contributed by atoms with Crippen molar-refractivity contribution in [3.8, 4) is 0 Å². The molecule has 0 bridgehead atoms. The molecule has 138 valence electrons. The van der Waals surface area contributed by atoms with Gasteiger partial charge in [0.15, 0.2) is 0 Å². The minimum atomic E-state index is -0.0663. The van der Waals surface area contributed by atoms with Gasteiger partial charge in [-0.05, 0) is 61.5 Å². The average Bonchev–Trinajstić information content (AvgIpc) is 3.44. The summed E-state index contributed by atoms with van der Waals surface area (Å²) < 4.78 is 0. The van der Waals surface area contributed by atoms with E-state index in [-0.39, 0.29) is 24.1 Å². The lowest BCUT2D eigenvalue weighted by Gasteiger charge is -2.36. The van der Waals surface area contributed by atoms with Crippen LogP contribution in [0.4, 0.5) is 4.79 Å². The Morgan fingerprint density at radius 3 is 2.76 bits per heavy atom. The first-order chi connectivity index (χ1) is 12.0. The van der Waals surface area contributed by atoms with E-state index in [2.05, 4.69) is 48.3 Å². The summed E-state index contributed by atoms with van der Waals surface area (Å²) >= 11 is 0. The first-order valence-corrected chi connectivity index (χ1v) is 9.77. The second kappa shape index (κ2) is 7.77. The molecule has 4 nitrogen and oxygen atoms in total. The maximum absolute atomic E-state index is 12.9. The molecular weight excluding hydrogens is 312 g/mol. The molecule has 2 N–H and O–H groups in total. The molecule has 2 aliphatic carbocycles. The van der Waals surface area contributed by atoms with Crippen molar-refractivity contribution in [3.63, 3.8) is 0 Å². The largest absolute Gasteiger partial charge is 0.396 e. The molecule has 1 saturated carbocycles. The first-order valence-electron chi connectivity index (χ1n) is 9.77. The Labute approximate surface area is 151 Å². The van der Waals surface area contributed by atoms with Gasteiger partial charge >= 0.3 is 6.03 Å². The standard InChI is InChI=1S/C21H32N2O2/c1-21(2,15-24)13-6-14-22-20(25)23(17-11-12-17)19-10-5-8-16-7-3-4-9-18(16)19/h3-4,7,9,17,19,24H,5-6,8,10-15H2,1-2H3,(H,22,25). The van der Waals surface area contributed by atoms with Gasteiger partial charge in [0, 0.05) is 19.2 Å². The Morgan fingerprint density at radius 1 is 1.28 bits per heavy atom. The van der Waals surface area contributed by atoms with Crippen LogP contribution < -0.4 is 5.32 Å². The van der Waals surface area contributed by atoms with Gasteiger partial charge in [-0.1, -0.05) is 38.1 Å². The molecule has 2 aliphatic rings. The van der Waals surface area contributed by atoms with E-state index in [0.717, 1.165) is 44.9 Å². The van der Waals surface area contributed by atoms with Crippen molar-refractivity contribution in [1.29, 1.82) is 0 Å². The molecule has 0 spiro atoms. The molecule has 1 fully saturated rings. The Balaban J connectivity index is 1.61. The van der Waals surface area contributed by atoms with E-state index < -0.39 is 0 Å². The molecule has 0 radical (unpaired) electrons. The van der Waals surface area contributed by atoms with Crippen molar-refractivity contribution in [2.75, 3.05) is 13.2 Å². The van der Waals surface area contributed by atoms with Crippen LogP contribution in [0, 0.1) is 5.41 Å². The van der Waals surface area contributed by atoms with Crippen molar-refractivity contribution >= 4 is 6.03 Å². The van der Waals surface area contributed by atoms with Crippen LogP contribution in [0.1, 0.15) is 69.5 Å². The molecule has 1 aromatic carbocycles. The topological polar surface area (TPSA) is 52.6 Å². The molecule has 1 unspecified atom stereocenters. The highest BCUT2D eigenvalue weighted by atomic mass is 16.3. The summed E-state index contributed by atoms with van der Waals surface area (Å²) in [7, 11) is 0. The highest BCUT2D eigenvalue weighted by Gasteiger charge is 2.39. The average molecular weight is 344 g/mol. The van der Waals surface area contributed by atoms with Crippen molar-refractivity contribution in [3.05, 3.63) is 35.4 Å². The predicted molar refractivity (Wildman–Crippen MR) is 100 cm³/mol. The van der Waals surface area contributed by atoms with E-state index in [0.29, 0.717) is 12.6 Å². The second-order valence-corrected chi connectivity index (χ2v) is 8.40. The quantitative estimate of drug-likeness (QED) is 0.734. The molecule has 25 heavy (non-hydrogen) atoms. The van der Waals surface area contributed by atoms with E-state index in [1.165, 1.54) is 11.1 Å². The number of aliphatic hydroxyl groups is 1. The summed E-state index contributed by atoms with van der Waals surface area (Å²) in [4.78, 5) is 15.0. The number of amides is 2. The number of nitrogens with zero attached hydrogens (tertiary/aromatic N) is 1. The Bertz CT molecular complexity index is 595. The van der Waals surface area contributed by atoms with Crippen LogP contribution in [0.15, 0.2) is 24.3 Å². The summed E-state index contributed by atoms with van der Waals surface area (Å²) in [5.41, 5.74) is 2.68. The molecule has 0 aromatic heterocycles. The van der Waals surface area contributed by atoms with Crippen LogP contribution in [0.25, 0.3) is 0 Å². The van der Waals surface area contributed by atoms with Crippen LogP contribution in [-0.4, -0.2) is 35.2 Å². The van der Waals surface area contributed by atoms with Crippen LogP contribution in [0.5, 0.6) is 0 Å². The smallest absolute Gasteiger partial charge is 0.318 e. The van der Waals surface area contributed by atoms with E-state index in [4.69, 9.17) is 0 Å². The van der Waals surface area contributed by atoms with Crippen molar-refractivity contribution < 1.29 is 9.90 Å². The molecule has 0 heterocycles. The lowest BCUT2D eigenvalue weighted by Crippen LogP contribution is -2.45. The van der Waals surface area contributed by atoms with Gasteiger partial charge in [0.25, 0.3) is 0 Å². The van der Waals surface area contributed by atoms with Gasteiger partial charge in [-0.2, -0.15) is 0 Å². The van der Waals surface area contributed by atoms with Gasteiger partial charge in [-0.3, -0.25) is 0 Å². The van der Waals surface area contributed by atoms with E-state index in [1.807, 2.05) is 0 Å². The summed E-state index contributed by atoms with van der Waals surface area (Å²) in [5.74, 6) is 0. The number of carbonyl (C=O) groups is 1. The van der Waals surface area contributed by atoms with Crippen LogP contribution in [0.3, 0.4) is 0 Å². The van der Waals surface area contributed by atoms with Gasteiger partial charge in [0.1, 0.15) is 0 Å². The molecular formula is C21H32N2O2. The van der Waals surface area contributed by atoms with Gasteiger partial charge in [-0.15, -0.1) is 0 Å². The van der Waals surface area contributed by atoms with Crippen molar-refractivity contribution in [2.24, 2.45) is 5.41 Å². The second-order valence-electron chi connectivity index (χ2n) is 8.40. The normalized spacial score (nSPS) is 20.0. The third kappa shape index (κ3) is 4.55. The predicted octanol–water partition coefficient (Wildman–Crippen LogP) is 4.04. The lowest BCUT2D eigenvalue weighted by atomic mass is 9.87. The molecule has 3 rings (SSSR count). The third-order valence-corrected chi connectivity index (χ3v) is 5.58. The zero-order valence-corrected chi connectivity index (χ0v) is 15.6. The maximum atomic E-state index is 12.9. The zero-order valence-electron chi connectivity index (χ0n) is 15.6. The Hall–Kier alpha value is -1.55. The number of aryl methyl sites for hydroxylation is 1. The number of rotatable bonds is 7. The highest BCUT2D eigenvalue weighted by Crippen LogP contribution is 2.40. The molecule has 1 aromatic rings. The fourth-order valence-electron chi connectivity index (χ4n) is 3.86. The summed E-state index contributed by atoms with van der Waals surface area (Å²) in [6, 6.07) is 9.33. The zero-order chi connectivity index (χ0) is 17.9. The maximum Gasteiger partial charge on any atom is 0.318 e. The summed E-state index contributed by atoms with van der Waals surface area (Å²) in [5, 5.41) is 12.5. The SMILES string of the molecule is CC(C)(CO)CCCNC(=O)N(C1CC1)C1CCCc2ccccc21. The van der Waals surface area contributed by atoms with E-state index >= 15 is 0 Å². The van der Waals surface area contributed by atoms with Crippen LogP contribution in [0.2, 0.25) is 0 Å². The van der Waals surface area contributed by atoms with E-state index in [9.17, 15) is 9.90 Å². The molecule has 0 aliphatic heterocycles. The number of carbonyl (C=O) groups excluding carboxylic acids is 1. The monoisotopic (exact) mass is 344 g/mol. The fourth-order valence-corrected chi connectivity index (χ4v) is 3.86. The molecule has 1 atom stereocenters. The lowest BCUT2D eigenvalue weighted by molar-refractivity contribution is 0.145. The number of nitrogens with one attached hydrogen (secondary N) is 1. The molecule has 2 amide bonds. The van der Waals surface area contributed by atoms with Crippen LogP contribution in [-0.2, 0) is 6.42 Å². The molecule has 0 saturated heterocycles. The summed E-state index contributed by atoms with van der Waals surface area (Å²) in [6.07, 6.45) is 7.43. The van der Waals surface area contributed by atoms with Crippen LogP contribution >= 0.6 is 0 Å². The van der Waals surface area contributed by atoms with Gasteiger partial charge in [-0.25, -0.2) is 4.79 Å². The van der Waals surface area contributed by atoms with Gasteiger partial charge in [0.05, 0.1) is 6.04 Å². The van der Waals surface area contributed by atoms with E-state index in [1.54, 1.807) is 0 Å². The first kappa shape index (κ1) is 18.2. The minimum absolute atomic E-state index is 0.0663. The number of urea groups is 1. The minimum Gasteiger partial charge on any atom is -0.396 e. The Morgan fingerprint density at radius 2 is 2.04 bits per heavy atom.